The number of benzene rings is 2. The maximum absolute atomic E-state index is 10.7. The second kappa shape index (κ2) is 10.5. The molecule has 9 heteroatoms. The van der Waals surface area contributed by atoms with Gasteiger partial charge >= 0.3 is 0 Å². The Hall–Kier alpha value is -1.50. The van der Waals surface area contributed by atoms with Crippen molar-refractivity contribution in [2.75, 3.05) is 13.9 Å². The SMILES string of the molecule is COCOc1c(Cl)cc(Cl)cc1C=O.O=Cc1cc(Cl)cc(Cl)c1O. The third-order valence-corrected chi connectivity index (χ3v) is 3.68. The highest BCUT2D eigenvalue weighted by Gasteiger charge is 2.09. The van der Waals surface area contributed by atoms with Crippen LogP contribution in [0.15, 0.2) is 24.3 Å². The van der Waals surface area contributed by atoms with Gasteiger partial charge in [0.05, 0.1) is 21.2 Å². The summed E-state index contributed by atoms with van der Waals surface area (Å²) in [5.41, 5.74) is 0.405. The lowest BCUT2D eigenvalue weighted by atomic mass is 10.2. The van der Waals surface area contributed by atoms with Crippen molar-refractivity contribution in [1.82, 2.24) is 0 Å². The Kier molecular flexibility index (Phi) is 9.03. The lowest BCUT2D eigenvalue weighted by Crippen LogP contribution is -2.02. The second-order valence-corrected chi connectivity index (χ2v) is 6.11. The molecule has 0 aliphatic rings. The summed E-state index contributed by atoms with van der Waals surface area (Å²) >= 11 is 22.6. The van der Waals surface area contributed by atoms with Crippen molar-refractivity contribution in [2.45, 2.75) is 0 Å². The highest BCUT2D eigenvalue weighted by molar-refractivity contribution is 6.36. The van der Waals surface area contributed by atoms with Crippen LogP contribution in [0.3, 0.4) is 0 Å². The summed E-state index contributed by atoms with van der Waals surface area (Å²) < 4.78 is 9.82. The highest BCUT2D eigenvalue weighted by atomic mass is 35.5. The summed E-state index contributed by atoms with van der Waals surface area (Å²) in [5, 5.41) is 10.2. The summed E-state index contributed by atoms with van der Waals surface area (Å²) in [6.45, 7) is 0.0300. The molecule has 25 heavy (non-hydrogen) atoms. The molecule has 2 aromatic rings. The molecule has 0 spiro atoms. The van der Waals surface area contributed by atoms with Gasteiger partial charge in [0.1, 0.15) is 5.75 Å². The fourth-order valence-electron chi connectivity index (χ4n) is 1.61. The van der Waals surface area contributed by atoms with Crippen molar-refractivity contribution >= 4 is 59.0 Å². The Morgan fingerprint density at radius 1 is 0.920 bits per heavy atom. The highest BCUT2D eigenvalue weighted by Crippen LogP contribution is 2.31. The van der Waals surface area contributed by atoms with Gasteiger partial charge in [-0.3, -0.25) is 9.59 Å². The lowest BCUT2D eigenvalue weighted by molar-refractivity contribution is 0.0506. The molecule has 2 rings (SSSR count). The Morgan fingerprint density at radius 2 is 1.44 bits per heavy atom. The van der Waals surface area contributed by atoms with Crippen molar-refractivity contribution in [3.05, 3.63) is 55.5 Å². The maximum Gasteiger partial charge on any atom is 0.188 e. The van der Waals surface area contributed by atoms with Crippen molar-refractivity contribution in [3.63, 3.8) is 0 Å². The summed E-state index contributed by atoms with van der Waals surface area (Å²) in [5.74, 6) is 0.0546. The van der Waals surface area contributed by atoms with Crippen LogP contribution in [-0.2, 0) is 4.74 Å². The van der Waals surface area contributed by atoms with E-state index in [2.05, 4.69) is 0 Å². The van der Waals surface area contributed by atoms with E-state index in [0.29, 0.717) is 28.2 Å². The number of halogens is 4. The van der Waals surface area contributed by atoms with E-state index < -0.39 is 0 Å². The van der Waals surface area contributed by atoms with Gasteiger partial charge in [-0.05, 0) is 24.3 Å². The lowest BCUT2D eigenvalue weighted by Gasteiger charge is -2.09. The minimum absolute atomic E-state index is 0.0300. The molecule has 2 aromatic carbocycles. The molecule has 0 radical (unpaired) electrons. The molecule has 0 unspecified atom stereocenters. The third kappa shape index (κ3) is 6.38. The average Bonchev–Trinajstić information content (AvgIpc) is 2.57. The van der Waals surface area contributed by atoms with Gasteiger partial charge in [0.15, 0.2) is 25.1 Å². The Bertz CT molecular complexity index is 765. The minimum Gasteiger partial charge on any atom is -0.506 e. The standard InChI is InChI=1S/C9H8Cl2O3.C7H4Cl2O2/c1-13-5-14-9-6(4-12)2-7(10)3-8(9)11;8-5-1-4(3-10)7(11)6(9)2-5/h2-4H,5H2,1H3;1-3,11H. The van der Waals surface area contributed by atoms with Crippen molar-refractivity contribution < 1.29 is 24.2 Å². The number of ether oxygens (including phenoxy) is 2. The summed E-state index contributed by atoms with van der Waals surface area (Å²) in [4.78, 5) is 20.9. The molecule has 0 atom stereocenters. The number of phenolic OH excluding ortho intramolecular Hbond substituents is 1. The zero-order valence-corrected chi connectivity index (χ0v) is 15.8. The molecular weight excluding hydrogens is 414 g/mol. The minimum atomic E-state index is -0.230. The molecule has 1 N–H and O–H groups in total. The molecule has 0 bridgehead atoms. The van der Waals surface area contributed by atoms with Gasteiger partial charge in [-0.25, -0.2) is 0 Å². The van der Waals surface area contributed by atoms with Gasteiger partial charge in [-0.15, -0.1) is 0 Å². The molecule has 0 saturated carbocycles. The first-order valence-electron chi connectivity index (χ1n) is 6.53. The molecule has 0 heterocycles. The molecule has 0 amide bonds. The summed E-state index contributed by atoms with van der Waals surface area (Å²) in [6.07, 6.45) is 1.12. The zero-order chi connectivity index (χ0) is 19.0. The van der Waals surface area contributed by atoms with E-state index in [0.717, 1.165) is 0 Å². The van der Waals surface area contributed by atoms with Crippen molar-refractivity contribution in [1.29, 1.82) is 0 Å². The number of methoxy groups -OCH3 is 1. The molecule has 0 saturated heterocycles. The Balaban J connectivity index is 0.000000257. The molecule has 0 aromatic heterocycles. The van der Waals surface area contributed by atoms with Crippen LogP contribution in [-0.4, -0.2) is 31.6 Å². The van der Waals surface area contributed by atoms with Gasteiger partial charge in [0, 0.05) is 17.2 Å². The number of phenols is 1. The third-order valence-electron chi connectivity index (χ3n) is 2.67. The smallest absolute Gasteiger partial charge is 0.188 e. The molecule has 5 nitrogen and oxygen atoms in total. The van der Waals surface area contributed by atoms with E-state index in [1.165, 1.54) is 31.4 Å². The van der Waals surface area contributed by atoms with Crippen LogP contribution in [0.5, 0.6) is 11.5 Å². The Labute approximate surface area is 164 Å². The number of hydrogen-bond donors (Lipinski definition) is 1. The zero-order valence-electron chi connectivity index (χ0n) is 12.8. The van der Waals surface area contributed by atoms with Gasteiger partial charge in [-0.1, -0.05) is 46.4 Å². The van der Waals surface area contributed by atoms with E-state index in [1.54, 1.807) is 0 Å². The number of aldehydes is 2. The van der Waals surface area contributed by atoms with E-state index in [9.17, 15) is 9.59 Å². The van der Waals surface area contributed by atoms with Crippen LogP contribution in [0, 0.1) is 0 Å². The fourth-order valence-corrected chi connectivity index (χ4v) is 2.69. The first-order chi connectivity index (χ1) is 11.8. The normalized spacial score (nSPS) is 9.80. The van der Waals surface area contributed by atoms with Crippen LogP contribution < -0.4 is 4.74 Å². The van der Waals surface area contributed by atoms with Crippen molar-refractivity contribution in [2.24, 2.45) is 0 Å². The van der Waals surface area contributed by atoms with Crippen LogP contribution in [0.1, 0.15) is 20.7 Å². The van der Waals surface area contributed by atoms with E-state index >= 15 is 0 Å². The number of rotatable bonds is 5. The average molecular weight is 426 g/mol. The number of aromatic hydroxyl groups is 1. The van der Waals surface area contributed by atoms with Gasteiger partial charge in [0.25, 0.3) is 0 Å². The predicted molar refractivity (Wildman–Crippen MR) is 97.9 cm³/mol. The Morgan fingerprint density at radius 3 is 1.96 bits per heavy atom. The fraction of sp³-hybridized carbons (Fsp3) is 0.125. The van der Waals surface area contributed by atoms with E-state index in [1.807, 2.05) is 0 Å². The molecule has 134 valence electrons. The van der Waals surface area contributed by atoms with E-state index in [-0.39, 0.29) is 33.9 Å². The number of hydrogen-bond acceptors (Lipinski definition) is 5. The second-order valence-electron chi connectivity index (χ2n) is 4.42. The predicted octanol–water partition coefficient (Wildman–Crippen LogP) is 5.30. The topological polar surface area (TPSA) is 72.8 Å². The van der Waals surface area contributed by atoms with Crippen LogP contribution in [0.4, 0.5) is 0 Å². The van der Waals surface area contributed by atoms with Crippen LogP contribution in [0.2, 0.25) is 20.1 Å². The summed E-state index contributed by atoms with van der Waals surface area (Å²) in [6, 6.07) is 5.69. The molecule has 0 fully saturated rings. The molecule has 0 aliphatic heterocycles. The summed E-state index contributed by atoms with van der Waals surface area (Å²) in [7, 11) is 1.48. The van der Waals surface area contributed by atoms with Gasteiger partial charge in [0.2, 0.25) is 0 Å². The number of carbonyl (C=O) groups excluding carboxylic acids is 2. The van der Waals surface area contributed by atoms with Crippen LogP contribution in [0.25, 0.3) is 0 Å². The largest absolute Gasteiger partial charge is 0.506 e. The van der Waals surface area contributed by atoms with E-state index in [4.69, 9.17) is 61.0 Å². The van der Waals surface area contributed by atoms with Crippen molar-refractivity contribution in [3.8, 4) is 11.5 Å². The first-order valence-corrected chi connectivity index (χ1v) is 8.04. The molecular formula is C16H12Cl4O5. The van der Waals surface area contributed by atoms with Gasteiger partial charge in [-0.2, -0.15) is 0 Å². The quantitative estimate of drug-likeness (QED) is 0.519. The monoisotopic (exact) mass is 424 g/mol. The van der Waals surface area contributed by atoms with Crippen LogP contribution >= 0.6 is 46.4 Å². The maximum atomic E-state index is 10.7. The molecule has 0 aliphatic carbocycles. The number of carbonyl (C=O) groups is 2. The van der Waals surface area contributed by atoms with Gasteiger partial charge < -0.3 is 14.6 Å². The first kappa shape index (κ1) is 21.5.